The Morgan fingerprint density at radius 3 is 2.53 bits per heavy atom. The quantitative estimate of drug-likeness (QED) is 0.408. The third-order valence-electron chi connectivity index (χ3n) is 5.22. The van der Waals surface area contributed by atoms with Gasteiger partial charge in [-0.2, -0.15) is 0 Å². The number of pyridine rings is 1. The van der Waals surface area contributed by atoms with Crippen LogP contribution in [0, 0.1) is 0 Å². The van der Waals surface area contributed by atoms with Gasteiger partial charge >= 0.3 is 0 Å². The van der Waals surface area contributed by atoms with Gasteiger partial charge < -0.3 is 4.57 Å². The summed E-state index contributed by atoms with van der Waals surface area (Å²) < 4.78 is 29.9. The third-order valence-corrected chi connectivity index (χ3v) is 6.69. The largest absolute Gasteiger partial charge is 0.327 e. The molecule has 156 valence electrons. The Morgan fingerprint density at radius 1 is 0.967 bits per heavy atom. The number of sulfonamides is 1. The molecule has 30 heavy (non-hydrogen) atoms. The first-order valence-corrected chi connectivity index (χ1v) is 11.9. The number of aromatic nitrogens is 3. The van der Waals surface area contributed by atoms with Gasteiger partial charge in [-0.3, -0.25) is 4.98 Å². The molecule has 0 spiro atoms. The maximum atomic E-state index is 12.5. The van der Waals surface area contributed by atoms with Gasteiger partial charge in [0.05, 0.1) is 22.1 Å². The zero-order valence-electron chi connectivity index (χ0n) is 17.1. The van der Waals surface area contributed by atoms with Crippen molar-refractivity contribution in [2.24, 2.45) is 0 Å². The van der Waals surface area contributed by atoms with E-state index < -0.39 is 10.0 Å². The second kappa shape index (κ2) is 8.93. The molecule has 0 fully saturated rings. The van der Waals surface area contributed by atoms with E-state index in [0.717, 1.165) is 47.0 Å². The number of nitrogens with one attached hydrogen (secondary N) is 1. The minimum atomic E-state index is -3.49. The van der Waals surface area contributed by atoms with Crippen LogP contribution < -0.4 is 4.72 Å². The molecule has 4 rings (SSSR count). The topological polar surface area (TPSA) is 76.9 Å². The fraction of sp³-hybridized carbons (Fsp3) is 0.304. The van der Waals surface area contributed by atoms with Crippen LogP contribution in [0.3, 0.4) is 0 Å². The minimum absolute atomic E-state index is 0.291. The molecule has 0 aliphatic heterocycles. The van der Waals surface area contributed by atoms with E-state index in [1.54, 1.807) is 30.3 Å². The first-order chi connectivity index (χ1) is 14.6. The molecule has 7 heteroatoms. The number of benzene rings is 2. The molecule has 0 amide bonds. The summed E-state index contributed by atoms with van der Waals surface area (Å²) in [6, 6.07) is 16.5. The maximum absolute atomic E-state index is 12.5. The van der Waals surface area contributed by atoms with Crippen molar-refractivity contribution in [2.45, 2.75) is 44.0 Å². The molecular formula is C23H26N4O2S. The van der Waals surface area contributed by atoms with Gasteiger partial charge in [0.15, 0.2) is 0 Å². The normalized spacial score (nSPS) is 12.0. The Kier molecular flexibility index (Phi) is 6.11. The van der Waals surface area contributed by atoms with E-state index in [-0.39, 0.29) is 0 Å². The summed E-state index contributed by atoms with van der Waals surface area (Å²) >= 11 is 0. The molecular weight excluding hydrogens is 396 g/mol. The highest BCUT2D eigenvalue weighted by atomic mass is 32.2. The van der Waals surface area contributed by atoms with Crippen LogP contribution in [0.25, 0.3) is 21.9 Å². The van der Waals surface area contributed by atoms with Crippen LogP contribution in [0.1, 0.15) is 32.0 Å². The number of unbranched alkanes of at least 4 members (excludes halogenated alkanes) is 1. The molecule has 0 saturated carbocycles. The Bertz CT molecular complexity index is 1250. The SMILES string of the molecule is CCCCc1nc2cnc3ccccc3c2n1CCCNS(=O)(=O)c1ccccc1. The summed E-state index contributed by atoms with van der Waals surface area (Å²) in [6.45, 7) is 3.23. The van der Waals surface area contributed by atoms with E-state index >= 15 is 0 Å². The lowest BCUT2D eigenvalue weighted by Crippen LogP contribution is -2.25. The lowest BCUT2D eigenvalue weighted by Gasteiger charge is -2.11. The van der Waals surface area contributed by atoms with Crippen LogP contribution in [0.5, 0.6) is 0 Å². The predicted octanol–water partition coefficient (Wildman–Crippen LogP) is 4.30. The molecule has 0 unspecified atom stereocenters. The number of aryl methyl sites for hydroxylation is 2. The van der Waals surface area contributed by atoms with E-state index in [2.05, 4.69) is 27.3 Å². The van der Waals surface area contributed by atoms with Crippen LogP contribution in [-0.2, 0) is 23.0 Å². The van der Waals surface area contributed by atoms with Crippen molar-refractivity contribution in [3.8, 4) is 0 Å². The average molecular weight is 423 g/mol. The zero-order valence-corrected chi connectivity index (χ0v) is 17.9. The monoisotopic (exact) mass is 422 g/mol. The Morgan fingerprint density at radius 2 is 1.73 bits per heavy atom. The summed E-state index contributed by atoms with van der Waals surface area (Å²) in [5, 5.41) is 1.08. The molecule has 6 nitrogen and oxygen atoms in total. The van der Waals surface area contributed by atoms with Crippen molar-refractivity contribution in [1.82, 2.24) is 19.3 Å². The molecule has 2 aromatic heterocycles. The smallest absolute Gasteiger partial charge is 0.240 e. The molecule has 0 atom stereocenters. The molecule has 4 aromatic rings. The highest BCUT2D eigenvalue weighted by Gasteiger charge is 2.15. The second-order valence-electron chi connectivity index (χ2n) is 7.36. The molecule has 0 saturated heterocycles. The van der Waals surface area contributed by atoms with Gasteiger partial charge in [-0.25, -0.2) is 18.1 Å². The van der Waals surface area contributed by atoms with Crippen LogP contribution in [0.15, 0.2) is 65.7 Å². The fourth-order valence-corrected chi connectivity index (χ4v) is 4.80. The Hall–Kier alpha value is -2.77. The van der Waals surface area contributed by atoms with E-state index in [1.807, 2.05) is 24.4 Å². The fourth-order valence-electron chi connectivity index (χ4n) is 3.70. The molecule has 0 aliphatic rings. The van der Waals surface area contributed by atoms with Gasteiger partial charge in [-0.15, -0.1) is 0 Å². The Labute approximate surface area is 177 Å². The predicted molar refractivity (Wildman–Crippen MR) is 120 cm³/mol. The van der Waals surface area contributed by atoms with E-state index in [1.165, 1.54) is 0 Å². The summed E-state index contributed by atoms with van der Waals surface area (Å²) in [4.78, 5) is 9.67. The highest BCUT2D eigenvalue weighted by Crippen LogP contribution is 2.25. The van der Waals surface area contributed by atoms with Crippen molar-refractivity contribution in [3.05, 3.63) is 66.6 Å². The van der Waals surface area contributed by atoms with Crippen LogP contribution in [0.4, 0.5) is 0 Å². The number of fused-ring (bicyclic) bond motifs is 3. The first kappa shape index (κ1) is 20.5. The maximum Gasteiger partial charge on any atom is 0.240 e. The number of nitrogens with zero attached hydrogens (tertiary/aromatic N) is 3. The van der Waals surface area contributed by atoms with Crippen LogP contribution in [-0.4, -0.2) is 29.5 Å². The molecule has 2 heterocycles. The Balaban J connectivity index is 1.57. The van der Waals surface area contributed by atoms with E-state index in [9.17, 15) is 8.42 Å². The van der Waals surface area contributed by atoms with Gasteiger partial charge in [-0.1, -0.05) is 49.7 Å². The van der Waals surface area contributed by atoms with Gasteiger partial charge in [-0.05, 0) is 31.0 Å². The zero-order chi connectivity index (χ0) is 21.0. The van der Waals surface area contributed by atoms with Crippen molar-refractivity contribution >= 4 is 32.0 Å². The van der Waals surface area contributed by atoms with Crippen LogP contribution in [0.2, 0.25) is 0 Å². The van der Waals surface area contributed by atoms with Gasteiger partial charge in [0, 0.05) is 24.9 Å². The van der Waals surface area contributed by atoms with Crippen molar-refractivity contribution in [3.63, 3.8) is 0 Å². The van der Waals surface area contributed by atoms with E-state index in [0.29, 0.717) is 24.4 Å². The van der Waals surface area contributed by atoms with Crippen molar-refractivity contribution in [1.29, 1.82) is 0 Å². The second-order valence-corrected chi connectivity index (χ2v) is 9.12. The standard InChI is InChI=1S/C23H26N4O2S/c1-2-3-14-22-26-21-17-24-20-13-8-7-12-19(20)23(21)27(22)16-9-15-25-30(28,29)18-10-5-4-6-11-18/h4-8,10-13,17,25H,2-3,9,14-16H2,1H3. The number of hydrogen-bond acceptors (Lipinski definition) is 4. The lowest BCUT2D eigenvalue weighted by molar-refractivity contribution is 0.566. The highest BCUT2D eigenvalue weighted by molar-refractivity contribution is 7.89. The number of rotatable bonds is 9. The van der Waals surface area contributed by atoms with Crippen molar-refractivity contribution < 1.29 is 8.42 Å². The number of hydrogen-bond donors (Lipinski definition) is 1. The average Bonchev–Trinajstić information content (AvgIpc) is 3.13. The number of imidazole rings is 1. The molecule has 2 aromatic carbocycles. The summed E-state index contributed by atoms with van der Waals surface area (Å²) in [5.74, 6) is 1.04. The molecule has 0 bridgehead atoms. The van der Waals surface area contributed by atoms with Crippen LogP contribution >= 0.6 is 0 Å². The van der Waals surface area contributed by atoms with Crippen molar-refractivity contribution in [2.75, 3.05) is 6.54 Å². The summed E-state index contributed by atoms with van der Waals surface area (Å²) in [6.07, 6.45) is 5.57. The molecule has 0 aliphatic carbocycles. The van der Waals surface area contributed by atoms with Gasteiger partial charge in [0.25, 0.3) is 0 Å². The van der Waals surface area contributed by atoms with E-state index in [4.69, 9.17) is 4.98 Å². The van der Waals surface area contributed by atoms with Gasteiger partial charge in [0.1, 0.15) is 11.3 Å². The molecule has 0 radical (unpaired) electrons. The minimum Gasteiger partial charge on any atom is -0.327 e. The summed E-state index contributed by atoms with van der Waals surface area (Å²) in [7, 11) is -3.49. The first-order valence-electron chi connectivity index (χ1n) is 10.4. The third kappa shape index (κ3) is 4.22. The van der Waals surface area contributed by atoms with Gasteiger partial charge in [0.2, 0.25) is 10.0 Å². The molecule has 1 N–H and O–H groups in total. The summed E-state index contributed by atoms with van der Waals surface area (Å²) in [5.41, 5.74) is 2.92. The number of para-hydroxylation sites is 1. The lowest BCUT2D eigenvalue weighted by atomic mass is 10.2.